The van der Waals surface area contributed by atoms with Crippen molar-refractivity contribution in [2.45, 2.75) is 69.9 Å². The van der Waals surface area contributed by atoms with Crippen molar-refractivity contribution in [2.75, 3.05) is 19.6 Å². The topological polar surface area (TPSA) is 129 Å². The lowest BCUT2D eigenvalue weighted by Crippen LogP contribution is -2.68. The molecule has 0 amide bonds. The highest BCUT2D eigenvalue weighted by Crippen LogP contribution is 2.58. The molecule has 0 radical (unpaired) electrons. The molecular formula is C36H42N4O5. The average Bonchev–Trinajstić information content (AvgIpc) is 3.54. The first-order chi connectivity index (χ1) is 21.6. The fourth-order valence-corrected chi connectivity index (χ4v) is 8.49. The molecule has 9 heteroatoms. The van der Waals surface area contributed by atoms with Crippen LogP contribution < -0.4 is 5.32 Å². The van der Waals surface area contributed by atoms with Crippen molar-refractivity contribution >= 4 is 23.0 Å². The van der Waals surface area contributed by atoms with Crippen LogP contribution in [0, 0.1) is 10.8 Å². The molecule has 3 aromatic carbocycles. The van der Waals surface area contributed by atoms with Crippen molar-refractivity contribution in [3.63, 3.8) is 0 Å². The molecule has 0 spiro atoms. The Bertz CT molecular complexity index is 1610. The number of fused-ring (bicyclic) bond motifs is 1. The molecule has 0 aliphatic carbocycles. The van der Waals surface area contributed by atoms with E-state index in [0.29, 0.717) is 29.4 Å². The summed E-state index contributed by atoms with van der Waals surface area (Å²) in [7, 11) is 0. The Labute approximate surface area is 263 Å². The van der Waals surface area contributed by atoms with Crippen molar-refractivity contribution in [1.29, 1.82) is 0 Å². The highest BCUT2D eigenvalue weighted by Gasteiger charge is 2.65. The maximum absolute atomic E-state index is 13.5. The molecule has 6 rings (SSSR count). The highest BCUT2D eigenvalue weighted by molar-refractivity contribution is 5.87. The average molecular weight is 611 g/mol. The zero-order chi connectivity index (χ0) is 31.8. The summed E-state index contributed by atoms with van der Waals surface area (Å²) in [6.07, 6.45) is 2.83. The van der Waals surface area contributed by atoms with E-state index in [-0.39, 0.29) is 5.41 Å². The summed E-state index contributed by atoms with van der Waals surface area (Å²) < 4.78 is 5.03. The van der Waals surface area contributed by atoms with Crippen LogP contribution in [-0.4, -0.2) is 69.1 Å². The van der Waals surface area contributed by atoms with Gasteiger partial charge in [-0.1, -0.05) is 72.8 Å². The molecule has 3 N–H and O–H groups in total. The molecule has 4 unspecified atom stereocenters. The van der Waals surface area contributed by atoms with E-state index >= 15 is 0 Å². The molecule has 2 aliphatic heterocycles. The van der Waals surface area contributed by atoms with Gasteiger partial charge in [0.1, 0.15) is 11.0 Å². The third-order valence-corrected chi connectivity index (χ3v) is 11.2. The van der Waals surface area contributed by atoms with E-state index in [9.17, 15) is 19.8 Å². The number of hydrogen-bond acceptors (Lipinski definition) is 7. The number of piperidine rings is 2. The van der Waals surface area contributed by atoms with Crippen molar-refractivity contribution in [3.05, 3.63) is 95.6 Å². The molecule has 4 aromatic rings. The lowest BCUT2D eigenvalue weighted by molar-refractivity contribution is -0.171. The van der Waals surface area contributed by atoms with E-state index in [2.05, 4.69) is 81.2 Å². The van der Waals surface area contributed by atoms with Crippen LogP contribution in [0.15, 0.2) is 83.5 Å². The van der Waals surface area contributed by atoms with Crippen LogP contribution in [-0.2, 0) is 15.0 Å². The van der Waals surface area contributed by atoms with E-state index < -0.39 is 40.8 Å². The largest absolute Gasteiger partial charge is 0.481 e. The number of likely N-dealkylation sites (tertiary alicyclic amines) is 1. The summed E-state index contributed by atoms with van der Waals surface area (Å²) in [6, 6.07) is 25.7. The van der Waals surface area contributed by atoms with Crippen molar-refractivity contribution < 1.29 is 24.4 Å². The van der Waals surface area contributed by atoms with Gasteiger partial charge in [-0.2, -0.15) is 0 Å². The first kappa shape index (κ1) is 30.9. The van der Waals surface area contributed by atoms with Gasteiger partial charge in [-0.15, -0.1) is 0 Å². The van der Waals surface area contributed by atoms with Gasteiger partial charge in [-0.3, -0.25) is 9.59 Å². The number of carboxylic acids is 2. The van der Waals surface area contributed by atoms with Crippen LogP contribution in [0.1, 0.15) is 69.1 Å². The van der Waals surface area contributed by atoms with Gasteiger partial charge in [0.15, 0.2) is 0 Å². The molecule has 2 saturated heterocycles. The Kier molecular flexibility index (Phi) is 8.26. The van der Waals surface area contributed by atoms with Gasteiger partial charge in [0.05, 0.1) is 10.8 Å². The van der Waals surface area contributed by atoms with Crippen molar-refractivity contribution in [2.24, 2.45) is 10.8 Å². The number of aliphatic carboxylic acids is 2. The van der Waals surface area contributed by atoms with Crippen LogP contribution in [0.4, 0.5) is 0 Å². The molecule has 5 atom stereocenters. The quantitative estimate of drug-likeness (QED) is 0.218. The summed E-state index contributed by atoms with van der Waals surface area (Å²) in [6.45, 7) is 7.84. The number of benzene rings is 3. The number of hydrogen-bond donors (Lipinski definition) is 3. The molecule has 45 heavy (non-hydrogen) atoms. The third-order valence-electron chi connectivity index (χ3n) is 11.2. The zero-order valence-electron chi connectivity index (χ0n) is 26.1. The first-order valence-electron chi connectivity index (χ1n) is 15.9. The smallest absolute Gasteiger partial charge is 0.311 e. The van der Waals surface area contributed by atoms with Crippen molar-refractivity contribution in [1.82, 2.24) is 20.5 Å². The Morgan fingerprint density at radius 2 is 1.49 bits per heavy atom. The summed E-state index contributed by atoms with van der Waals surface area (Å²) >= 11 is 0. The minimum Gasteiger partial charge on any atom is -0.481 e. The summed E-state index contributed by atoms with van der Waals surface area (Å²) in [5.41, 5.74) is 1.17. The van der Waals surface area contributed by atoms with Gasteiger partial charge in [0.2, 0.25) is 0 Å². The minimum absolute atomic E-state index is 0.0715. The van der Waals surface area contributed by atoms with Crippen LogP contribution in [0.2, 0.25) is 0 Å². The summed E-state index contributed by atoms with van der Waals surface area (Å²) in [5.74, 6) is -2.94. The number of nitrogens with zero attached hydrogens (tertiary/aromatic N) is 3. The van der Waals surface area contributed by atoms with Crippen LogP contribution in [0.3, 0.4) is 0 Å². The van der Waals surface area contributed by atoms with Gasteiger partial charge in [0, 0.05) is 23.4 Å². The Morgan fingerprint density at radius 3 is 2.07 bits per heavy atom. The Hall–Kier alpha value is -4.08. The second-order valence-corrected chi connectivity index (χ2v) is 13.2. The zero-order valence-corrected chi connectivity index (χ0v) is 26.1. The number of nitrogens with one attached hydrogen (secondary N) is 1. The lowest BCUT2D eigenvalue weighted by atomic mass is 9.51. The predicted molar refractivity (Wildman–Crippen MR) is 171 cm³/mol. The molecule has 3 heterocycles. The maximum atomic E-state index is 13.5. The van der Waals surface area contributed by atoms with Crippen LogP contribution in [0.5, 0.6) is 0 Å². The lowest BCUT2D eigenvalue weighted by Gasteiger charge is -2.56. The second-order valence-electron chi connectivity index (χ2n) is 13.2. The van der Waals surface area contributed by atoms with Gasteiger partial charge in [-0.05, 0) is 99.2 Å². The number of carboxylic acid groups (broad SMARTS) is 2. The molecule has 2 aliphatic rings. The van der Waals surface area contributed by atoms with Crippen LogP contribution in [0.25, 0.3) is 11.0 Å². The minimum atomic E-state index is -1.44. The van der Waals surface area contributed by atoms with Gasteiger partial charge < -0.3 is 20.4 Å². The highest BCUT2D eigenvalue weighted by atomic mass is 16.6. The van der Waals surface area contributed by atoms with E-state index in [4.69, 9.17) is 4.63 Å². The van der Waals surface area contributed by atoms with Gasteiger partial charge in [0.25, 0.3) is 0 Å². The molecule has 236 valence electrons. The molecule has 2 fully saturated rings. The summed E-state index contributed by atoms with van der Waals surface area (Å²) in [4.78, 5) is 29.0. The van der Waals surface area contributed by atoms with Crippen LogP contribution >= 0.6 is 0 Å². The fourth-order valence-electron chi connectivity index (χ4n) is 8.49. The van der Waals surface area contributed by atoms with Gasteiger partial charge in [-0.25, -0.2) is 4.63 Å². The first-order valence-corrected chi connectivity index (χ1v) is 15.9. The Balaban J connectivity index is 1.28. The predicted octanol–water partition coefficient (Wildman–Crippen LogP) is 5.71. The molecular weight excluding hydrogens is 568 g/mol. The van der Waals surface area contributed by atoms with E-state index in [1.165, 1.54) is 11.1 Å². The van der Waals surface area contributed by atoms with E-state index in [0.717, 1.165) is 32.5 Å². The standard InChI is InChI=1S/C36H42N4O5/c1-24-34(3,32(41)42)31(28-16-10-17-29-30(28)39-45-38-29)36(33(43)44,25(2)37-24)18-11-21-40-22-19-35(20-23-40,26-12-6-4-7-13-26)27-14-8-5-9-15-27/h4-10,12-17,24-25,31,37H,11,18-23H2,1-3H3,(H,41,42)(H,43,44)/t24-,25?,31?,34?,36?/m1/s1. The van der Waals surface area contributed by atoms with E-state index in [1.54, 1.807) is 25.1 Å². The molecule has 0 saturated carbocycles. The number of carbonyl (C=O) groups is 2. The van der Waals surface area contributed by atoms with E-state index in [1.807, 2.05) is 13.8 Å². The fraction of sp³-hybridized carbons (Fsp3) is 0.444. The normalized spacial score (nSPS) is 28.6. The monoisotopic (exact) mass is 610 g/mol. The molecule has 9 nitrogen and oxygen atoms in total. The third kappa shape index (κ3) is 5.02. The number of rotatable bonds is 9. The molecule has 1 aromatic heterocycles. The SMILES string of the molecule is CC1N[C@H](C)C(C)(C(=O)O)C(c2cccc3nonc23)C1(CCCN1CCC(c2ccccc2)(c2ccccc2)CC1)C(=O)O. The van der Waals surface area contributed by atoms with Gasteiger partial charge >= 0.3 is 11.9 Å². The number of aromatic nitrogens is 2. The maximum Gasteiger partial charge on any atom is 0.311 e. The Morgan fingerprint density at radius 1 is 0.867 bits per heavy atom. The molecule has 0 bridgehead atoms. The second kappa shape index (κ2) is 12.0. The summed E-state index contributed by atoms with van der Waals surface area (Å²) in [5, 5.41) is 33.2. The van der Waals surface area contributed by atoms with Crippen molar-refractivity contribution in [3.8, 4) is 0 Å².